The van der Waals surface area contributed by atoms with Crippen molar-refractivity contribution in [1.82, 2.24) is 0 Å². The molecule has 0 unspecified atom stereocenters. The minimum Gasteiger partial charge on any atom is -0.385 e. The largest absolute Gasteiger partial charge is 0.385 e. The Kier molecular flexibility index (Phi) is 5.98. The van der Waals surface area contributed by atoms with Crippen LogP contribution < -0.4 is 0 Å². The highest BCUT2D eigenvalue weighted by atomic mass is 32.2. The minimum atomic E-state index is -3.32. The minimum absolute atomic E-state index is 0.00140. The lowest BCUT2D eigenvalue weighted by molar-refractivity contribution is 0.102. The summed E-state index contributed by atoms with van der Waals surface area (Å²) in [5, 5.41) is 0. The predicted molar refractivity (Wildman–Crippen MR) is 73.2 cm³/mol. The first-order chi connectivity index (χ1) is 8.48. The van der Waals surface area contributed by atoms with Crippen molar-refractivity contribution in [2.45, 2.75) is 19.8 Å². The van der Waals surface area contributed by atoms with Gasteiger partial charge in [-0.2, -0.15) is 0 Å². The zero-order valence-electron chi connectivity index (χ0n) is 10.6. The molecule has 18 heavy (non-hydrogen) atoms. The Bertz CT molecular complexity index is 488. The van der Waals surface area contributed by atoms with Gasteiger partial charge in [-0.25, -0.2) is 8.42 Å². The predicted octanol–water partition coefficient (Wildman–Crippen LogP) is 1.94. The van der Waals surface area contributed by atoms with E-state index in [1.807, 2.05) is 13.0 Å². The van der Waals surface area contributed by atoms with Gasteiger partial charge in [0.25, 0.3) is 0 Å². The number of hydrogen-bond acceptors (Lipinski definition) is 5. The fourth-order valence-electron chi connectivity index (χ4n) is 1.48. The number of Topliss-reactive ketones (excluding diaryl/α,β-unsaturated/α-hetero) is 1. The molecule has 0 aromatic carbocycles. The van der Waals surface area contributed by atoms with Gasteiger partial charge in [0.05, 0.1) is 10.6 Å². The molecule has 1 rings (SSSR count). The molecule has 0 N–H and O–H groups in total. The molecule has 0 spiro atoms. The number of thiophene rings is 1. The second-order valence-electron chi connectivity index (χ2n) is 3.98. The Balaban J connectivity index is 2.58. The Morgan fingerprint density at radius 3 is 2.67 bits per heavy atom. The van der Waals surface area contributed by atoms with E-state index in [9.17, 15) is 13.2 Å². The maximum Gasteiger partial charge on any atom is 0.187 e. The molecule has 0 aliphatic heterocycles. The summed E-state index contributed by atoms with van der Waals surface area (Å²) in [7, 11) is -1.80. The van der Waals surface area contributed by atoms with E-state index < -0.39 is 15.6 Å². The van der Waals surface area contributed by atoms with Crippen molar-refractivity contribution in [2.75, 3.05) is 25.2 Å². The van der Waals surface area contributed by atoms with E-state index in [0.29, 0.717) is 17.9 Å². The van der Waals surface area contributed by atoms with Crippen LogP contribution >= 0.6 is 11.3 Å². The number of aryl methyl sites for hydroxylation is 1. The van der Waals surface area contributed by atoms with Gasteiger partial charge >= 0.3 is 0 Å². The normalized spacial score (nSPS) is 11.7. The van der Waals surface area contributed by atoms with Crippen molar-refractivity contribution in [3.8, 4) is 0 Å². The first-order valence-corrected chi connectivity index (χ1v) is 8.43. The van der Waals surface area contributed by atoms with E-state index in [1.54, 1.807) is 6.07 Å². The van der Waals surface area contributed by atoms with Gasteiger partial charge < -0.3 is 4.74 Å². The average Bonchev–Trinajstić information content (AvgIpc) is 2.77. The summed E-state index contributed by atoms with van der Waals surface area (Å²) in [6.45, 7) is 2.40. The van der Waals surface area contributed by atoms with Gasteiger partial charge in [-0.1, -0.05) is 6.92 Å². The monoisotopic (exact) mass is 290 g/mol. The van der Waals surface area contributed by atoms with E-state index in [1.165, 1.54) is 18.4 Å². The summed E-state index contributed by atoms with van der Waals surface area (Å²) in [5.74, 6) is -0.712. The lowest BCUT2D eigenvalue weighted by Gasteiger charge is -2.02. The van der Waals surface area contributed by atoms with Gasteiger partial charge in [-0.05, 0) is 25.0 Å². The van der Waals surface area contributed by atoms with Gasteiger partial charge in [-0.15, -0.1) is 11.3 Å². The summed E-state index contributed by atoms with van der Waals surface area (Å²) < 4.78 is 28.2. The molecule has 0 amide bonds. The highest BCUT2D eigenvalue weighted by Gasteiger charge is 2.18. The Morgan fingerprint density at radius 2 is 2.11 bits per heavy atom. The maximum atomic E-state index is 11.8. The second kappa shape index (κ2) is 7.01. The third-order valence-electron chi connectivity index (χ3n) is 2.44. The first kappa shape index (κ1) is 15.3. The number of hydrogen-bond donors (Lipinski definition) is 0. The smallest absolute Gasteiger partial charge is 0.187 e. The van der Waals surface area contributed by atoms with Crippen molar-refractivity contribution >= 4 is 27.0 Å². The maximum absolute atomic E-state index is 11.8. The Labute approximate surface area is 112 Å². The third-order valence-corrected chi connectivity index (χ3v) is 5.32. The number of methoxy groups -OCH3 is 1. The SMILES string of the molecule is CCc1ccc(C(=O)CS(=O)(=O)CCCOC)s1. The number of rotatable bonds is 8. The summed E-state index contributed by atoms with van der Waals surface area (Å²) in [6.07, 6.45) is 1.29. The summed E-state index contributed by atoms with van der Waals surface area (Å²) in [5.41, 5.74) is 0. The van der Waals surface area contributed by atoms with Gasteiger partial charge in [0.2, 0.25) is 0 Å². The standard InChI is InChI=1S/C12H18O4S2/c1-3-10-5-6-12(17-10)11(13)9-18(14,15)8-4-7-16-2/h5-6H,3-4,7-9H2,1-2H3. The molecule has 0 atom stereocenters. The molecule has 6 heteroatoms. The second-order valence-corrected chi connectivity index (χ2v) is 7.33. The van der Waals surface area contributed by atoms with Crippen LogP contribution in [0.15, 0.2) is 12.1 Å². The molecule has 102 valence electrons. The zero-order chi connectivity index (χ0) is 13.6. The molecule has 1 aromatic rings. The Hall–Kier alpha value is -0.720. The van der Waals surface area contributed by atoms with Crippen molar-refractivity contribution < 1.29 is 17.9 Å². The van der Waals surface area contributed by atoms with E-state index in [0.717, 1.165) is 11.3 Å². The van der Waals surface area contributed by atoms with Crippen LogP contribution in [0.1, 0.15) is 27.9 Å². The van der Waals surface area contributed by atoms with Crippen LogP contribution in [-0.4, -0.2) is 39.4 Å². The first-order valence-electron chi connectivity index (χ1n) is 5.79. The summed E-state index contributed by atoms with van der Waals surface area (Å²) >= 11 is 1.37. The fourth-order valence-corrected chi connectivity index (χ4v) is 3.72. The Morgan fingerprint density at radius 1 is 1.39 bits per heavy atom. The van der Waals surface area contributed by atoms with Crippen LogP contribution in [-0.2, 0) is 21.0 Å². The van der Waals surface area contributed by atoms with Gasteiger partial charge in [0.15, 0.2) is 15.6 Å². The highest BCUT2D eigenvalue weighted by molar-refractivity contribution is 7.92. The van der Waals surface area contributed by atoms with Gasteiger partial charge in [0.1, 0.15) is 5.75 Å². The molecule has 0 bridgehead atoms. The number of ketones is 1. The molecule has 1 aromatic heterocycles. The van der Waals surface area contributed by atoms with E-state index in [4.69, 9.17) is 4.74 Å². The molecule has 0 radical (unpaired) electrons. The van der Waals surface area contributed by atoms with Crippen LogP contribution in [0.5, 0.6) is 0 Å². The van der Waals surface area contributed by atoms with Crippen LogP contribution in [0.25, 0.3) is 0 Å². The van der Waals surface area contributed by atoms with Gasteiger partial charge in [-0.3, -0.25) is 4.79 Å². The molecule has 0 saturated carbocycles. The molecular weight excluding hydrogens is 272 g/mol. The van der Waals surface area contributed by atoms with E-state index in [-0.39, 0.29) is 11.5 Å². The quantitative estimate of drug-likeness (QED) is 0.542. The highest BCUT2D eigenvalue weighted by Crippen LogP contribution is 2.18. The number of carbonyl (C=O) groups excluding carboxylic acids is 1. The number of sulfone groups is 1. The van der Waals surface area contributed by atoms with Crippen LogP contribution in [0.4, 0.5) is 0 Å². The van der Waals surface area contributed by atoms with E-state index in [2.05, 4.69) is 0 Å². The average molecular weight is 290 g/mol. The molecule has 0 aliphatic carbocycles. The molecule has 4 nitrogen and oxygen atoms in total. The molecule has 0 fully saturated rings. The zero-order valence-corrected chi connectivity index (χ0v) is 12.3. The third kappa shape index (κ3) is 4.88. The number of ether oxygens (including phenoxy) is 1. The molecule has 0 saturated heterocycles. The fraction of sp³-hybridized carbons (Fsp3) is 0.583. The van der Waals surface area contributed by atoms with Crippen molar-refractivity contribution in [3.05, 3.63) is 21.9 Å². The van der Waals surface area contributed by atoms with Crippen LogP contribution in [0.3, 0.4) is 0 Å². The summed E-state index contributed by atoms with van der Waals surface area (Å²) in [4.78, 5) is 13.4. The molecule has 0 aliphatic rings. The molecular formula is C12H18O4S2. The summed E-state index contributed by atoms with van der Waals surface area (Å²) in [6, 6.07) is 3.58. The van der Waals surface area contributed by atoms with Crippen LogP contribution in [0.2, 0.25) is 0 Å². The van der Waals surface area contributed by atoms with Gasteiger partial charge in [0, 0.05) is 18.6 Å². The van der Waals surface area contributed by atoms with Crippen molar-refractivity contribution in [2.24, 2.45) is 0 Å². The lowest BCUT2D eigenvalue weighted by Crippen LogP contribution is -2.19. The molecule has 1 heterocycles. The number of carbonyl (C=O) groups is 1. The van der Waals surface area contributed by atoms with Crippen LogP contribution in [0, 0.1) is 0 Å². The van der Waals surface area contributed by atoms with Crippen molar-refractivity contribution in [3.63, 3.8) is 0 Å². The lowest BCUT2D eigenvalue weighted by atomic mass is 10.3. The van der Waals surface area contributed by atoms with Crippen molar-refractivity contribution in [1.29, 1.82) is 0 Å². The van der Waals surface area contributed by atoms with E-state index >= 15 is 0 Å². The topological polar surface area (TPSA) is 60.4 Å².